The monoisotopic (exact) mass is 240 g/mol. The highest BCUT2D eigenvalue weighted by Crippen LogP contribution is 2.37. The van der Waals surface area contributed by atoms with Crippen LogP contribution in [-0.4, -0.2) is 46.2 Å². The Kier molecular flexibility index (Phi) is 3.46. The molecule has 1 amide bonds. The van der Waals surface area contributed by atoms with Gasteiger partial charge in [-0.15, -0.1) is 0 Å². The van der Waals surface area contributed by atoms with E-state index in [4.69, 9.17) is 0 Å². The number of piperidine rings is 1. The Morgan fingerprint density at radius 1 is 1.35 bits per heavy atom. The summed E-state index contributed by atoms with van der Waals surface area (Å²) in [6.07, 6.45) is 3.40. The second-order valence-electron chi connectivity index (χ2n) is 5.88. The molecule has 0 aromatic heterocycles. The smallest absolute Gasteiger partial charge is 0.242 e. The van der Waals surface area contributed by atoms with Crippen LogP contribution in [0.2, 0.25) is 0 Å². The van der Waals surface area contributed by atoms with E-state index < -0.39 is 5.54 Å². The Hall–Kier alpha value is -0.610. The zero-order valence-electron chi connectivity index (χ0n) is 11.1. The summed E-state index contributed by atoms with van der Waals surface area (Å²) >= 11 is 0. The highest BCUT2D eigenvalue weighted by Gasteiger charge is 2.46. The Labute approximate surface area is 103 Å². The molecule has 0 aliphatic carbocycles. The third-order valence-electron chi connectivity index (χ3n) is 4.10. The van der Waals surface area contributed by atoms with Crippen molar-refractivity contribution < 1.29 is 9.90 Å². The maximum Gasteiger partial charge on any atom is 0.242 e. The van der Waals surface area contributed by atoms with Crippen molar-refractivity contribution in [2.75, 3.05) is 6.54 Å². The van der Waals surface area contributed by atoms with Crippen molar-refractivity contribution in [3.63, 3.8) is 0 Å². The zero-order chi connectivity index (χ0) is 12.6. The van der Waals surface area contributed by atoms with Crippen LogP contribution in [0.15, 0.2) is 0 Å². The van der Waals surface area contributed by atoms with Gasteiger partial charge in [0.2, 0.25) is 5.91 Å². The second-order valence-corrected chi connectivity index (χ2v) is 5.88. The number of nitrogens with one attached hydrogen (secondary N) is 1. The SMILES string of the molecule is CCNC(C)(C)C(=O)N1C2CCC1CC(O)C2. The normalized spacial score (nSPS) is 32.9. The molecule has 2 atom stereocenters. The summed E-state index contributed by atoms with van der Waals surface area (Å²) in [4.78, 5) is 14.6. The summed E-state index contributed by atoms with van der Waals surface area (Å²) < 4.78 is 0. The average molecular weight is 240 g/mol. The van der Waals surface area contributed by atoms with Crippen molar-refractivity contribution >= 4 is 5.91 Å². The minimum absolute atomic E-state index is 0.193. The van der Waals surface area contributed by atoms with Crippen molar-refractivity contribution in [1.29, 1.82) is 0 Å². The molecule has 2 bridgehead atoms. The largest absolute Gasteiger partial charge is 0.393 e. The van der Waals surface area contributed by atoms with Crippen LogP contribution in [0.25, 0.3) is 0 Å². The van der Waals surface area contributed by atoms with E-state index in [1.165, 1.54) is 0 Å². The van der Waals surface area contributed by atoms with Crippen molar-refractivity contribution in [3.8, 4) is 0 Å². The molecule has 0 aromatic rings. The summed E-state index contributed by atoms with van der Waals surface area (Å²) in [7, 11) is 0. The minimum atomic E-state index is -0.488. The Morgan fingerprint density at radius 2 is 1.88 bits per heavy atom. The van der Waals surface area contributed by atoms with E-state index >= 15 is 0 Å². The molecule has 4 nitrogen and oxygen atoms in total. The van der Waals surface area contributed by atoms with Crippen LogP contribution in [0.1, 0.15) is 46.5 Å². The third kappa shape index (κ3) is 2.33. The molecule has 4 heteroatoms. The lowest BCUT2D eigenvalue weighted by Crippen LogP contribution is -2.59. The number of rotatable bonds is 3. The fourth-order valence-electron chi connectivity index (χ4n) is 3.32. The van der Waals surface area contributed by atoms with Crippen molar-refractivity contribution in [1.82, 2.24) is 10.2 Å². The number of aliphatic hydroxyl groups is 1. The van der Waals surface area contributed by atoms with E-state index in [9.17, 15) is 9.90 Å². The molecule has 0 aromatic carbocycles. The Balaban J connectivity index is 2.11. The number of carbonyl (C=O) groups excluding carboxylic acids is 1. The number of hydrogen-bond acceptors (Lipinski definition) is 3. The lowest BCUT2D eigenvalue weighted by atomic mass is 9.95. The molecule has 2 aliphatic heterocycles. The van der Waals surface area contributed by atoms with Crippen LogP contribution in [0.5, 0.6) is 0 Å². The number of fused-ring (bicyclic) bond motifs is 2. The molecular formula is C13H24N2O2. The summed E-state index contributed by atoms with van der Waals surface area (Å²) in [6, 6.07) is 0.517. The van der Waals surface area contributed by atoms with Gasteiger partial charge in [-0.1, -0.05) is 6.92 Å². The highest BCUT2D eigenvalue weighted by atomic mass is 16.3. The van der Waals surface area contributed by atoms with Gasteiger partial charge in [0.05, 0.1) is 11.6 Å². The summed E-state index contributed by atoms with van der Waals surface area (Å²) in [5.74, 6) is 0.193. The van der Waals surface area contributed by atoms with Gasteiger partial charge in [-0.3, -0.25) is 4.79 Å². The maximum absolute atomic E-state index is 12.6. The van der Waals surface area contributed by atoms with Gasteiger partial charge in [-0.2, -0.15) is 0 Å². The first-order valence-electron chi connectivity index (χ1n) is 6.71. The summed E-state index contributed by atoms with van der Waals surface area (Å²) in [6.45, 7) is 6.71. The predicted octanol–water partition coefficient (Wildman–Crippen LogP) is 0.889. The molecule has 2 saturated heterocycles. The molecule has 2 aliphatic rings. The number of aliphatic hydroxyl groups excluding tert-OH is 1. The number of amides is 1. The molecule has 2 fully saturated rings. The minimum Gasteiger partial charge on any atom is -0.393 e. The molecule has 2 N–H and O–H groups in total. The van der Waals surface area contributed by atoms with E-state index in [1.807, 2.05) is 25.7 Å². The Bertz CT molecular complexity index is 290. The average Bonchev–Trinajstić information content (AvgIpc) is 2.49. The van der Waals surface area contributed by atoms with E-state index in [-0.39, 0.29) is 24.1 Å². The van der Waals surface area contributed by atoms with Gasteiger partial charge >= 0.3 is 0 Å². The predicted molar refractivity (Wildman–Crippen MR) is 66.7 cm³/mol. The van der Waals surface area contributed by atoms with Crippen molar-refractivity contribution in [2.45, 2.75) is 70.2 Å². The van der Waals surface area contributed by atoms with Gasteiger partial charge in [0.15, 0.2) is 0 Å². The number of hydrogen-bond donors (Lipinski definition) is 2. The zero-order valence-corrected chi connectivity index (χ0v) is 11.1. The quantitative estimate of drug-likeness (QED) is 0.770. The van der Waals surface area contributed by atoms with E-state index in [2.05, 4.69) is 5.32 Å². The van der Waals surface area contributed by atoms with Gasteiger partial charge in [-0.05, 0) is 46.1 Å². The topological polar surface area (TPSA) is 52.6 Å². The van der Waals surface area contributed by atoms with Gasteiger partial charge in [0.25, 0.3) is 0 Å². The molecule has 2 heterocycles. The van der Waals surface area contributed by atoms with Crippen LogP contribution in [0.3, 0.4) is 0 Å². The first-order valence-corrected chi connectivity index (χ1v) is 6.71. The molecule has 0 radical (unpaired) electrons. The van der Waals surface area contributed by atoms with Crippen LogP contribution in [-0.2, 0) is 4.79 Å². The maximum atomic E-state index is 12.6. The Morgan fingerprint density at radius 3 is 2.35 bits per heavy atom. The van der Waals surface area contributed by atoms with Gasteiger partial charge in [0.1, 0.15) is 0 Å². The van der Waals surface area contributed by atoms with Gasteiger partial charge in [-0.25, -0.2) is 0 Å². The third-order valence-corrected chi connectivity index (χ3v) is 4.10. The first kappa shape index (κ1) is 12.8. The fraction of sp³-hybridized carbons (Fsp3) is 0.923. The molecule has 2 rings (SSSR count). The standard InChI is InChI=1S/C13H24N2O2/c1-4-14-13(2,3)12(17)15-9-5-6-10(15)8-11(16)7-9/h9-11,14,16H,4-8H2,1-3H3. The molecule has 98 valence electrons. The highest BCUT2D eigenvalue weighted by molar-refractivity contribution is 5.86. The van der Waals surface area contributed by atoms with E-state index in [0.717, 1.165) is 32.2 Å². The van der Waals surface area contributed by atoms with Crippen molar-refractivity contribution in [2.24, 2.45) is 0 Å². The van der Waals surface area contributed by atoms with Gasteiger partial charge < -0.3 is 15.3 Å². The second kappa shape index (κ2) is 4.58. The number of carbonyl (C=O) groups is 1. The van der Waals surface area contributed by atoms with Crippen molar-refractivity contribution in [3.05, 3.63) is 0 Å². The van der Waals surface area contributed by atoms with Gasteiger partial charge in [0, 0.05) is 12.1 Å². The van der Waals surface area contributed by atoms with E-state index in [1.54, 1.807) is 0 Å². The van der Waals surface area contributed by atoms with Crippen LogP contribution in [0.4, 0.5) is 0 Å². The number of likely N-dealkylation sites (N-methyl/N-ethyl adjacent to an activating group) is 1. The molecule has 2 unspecified atom stereocenters. The van der Waals surface area contributed by atoms with Crippen LogP contribution < -0.4 is 5.32 Å². The summed E-state index contributed by atoms with van der Waals surface area (Å²) in [5, 5.41) is 13.0. The lowest BCUT2D eigenvalue weighted by molar-refractivity contribution is -0.143. The van der Waals surface area contributed by atoms with Crippen LogP contribution in [0, 0.1) is 0 Å². The molecule has 0 spiro atoms. The first-order chi connectivity index (χ1) is 7.95. The lowest BCUT2D eigenvalue weighted by Gasteiger charge is -2.41. The van der Waals surface area contributed by atoms with Crippen LogP contribution >= 0.6 is 0 Å². The summed E-state index contributed by atoms with van der Waals surface area (Å²) in [5.41, 5.74) is -0.488. The molecule has 17 heavy (non-hydrogen) atoms. The number of nitrogens with zero attached hydrogens (tertiary/aromatic N) is 1. The fourth-order valence-corrected chi connectivity index (χ4v) is 3.32. The van der Waals surface area contributed by atoms with E-state index in [0.29, 0.717) is 0 Å². The molecular weight excluding hydrogens is 216 g/mol. The molecule has 0 saturated carbocycles.